The Morgan fingerprint density at radius 2 is 0.740 bits per heavy atom. The molecule has 0 aliphatic heterocycles. The van der Waals surface area contributed by atoms with Crippen molar-refractivity contribution in [2.75, 3.05) is 0 Å². The van der Waals surface area contributed by atoms with Gasteiger partial charge in [-0.1, -0.05) is 96.9 Å². The van der Waals surface area contributed by atoms with Crippen molar-refractivity contribution in [3.8, 4) is 90.6 Å². The summed E-state index contributed by atoms with van der Waals surface area (Å²) in [6.07, 6.45) is 13.3. The van der Waals surface area contributed by atoms with Crippen molar-refractivity contribution in [3.05, 3.63) is 216 Å². The quantitative estimate of drug-likeness (QED) is 0.0331. The van der Waals surface area contributed by atoms with Crippen LogP contribution in [0.25, 0.3) is 134 Å². The van der Waals surface area contributed by atoms with Gasteiger partial charge in [0.15, 0.2) is 23.3 Å². The van der Waals surface area contributed by atoms with Crippen molar-refractivity contribution >= 4 is 55.2 Å². The predicted molar refractivity (Wildman–Crippen MR) is 403 cm³/mol. The van der Waals surface area contributed by atoms with E-state index >= 15 is 0 Å². The molecule has 1 aliphatic rings. The number of hydrogen-bond acceptors (Lipinski definition) is 12. The highest BCUT2D eigenvalue weighted by Crippen LogP contribution is 2.36. The second kappa shape index (κ2) is 31.7. The molecule has 8 heterocycles. The Balaban J connectivity index is 0.000000117. The molecule has 20 nitrogen and oxygen atoms in total. The minimum atomic E-state index is -0.259. The Labute approximate surface area is 602 Å². The number of fused-ring (bicyclic) bond motifs is 4. The van der Waals surface area contributed by atoms with Gasteiger partial charge < -0.3 is 0 Å². The van der Waals surface area contributed by atoms with E-state index < -0.39 is 0 Å². The van der Waals surface area contributed by atoms with Crippen LogP contribution in [0.2, 0.25) is 5.02 Å². The maximum absolute atomic E-state index is 13.2. The van der Waals surface area contributed by atoms with E-state index in [0.717, 1.165) is 179 Å². The number of aromatic nitrogens is 20. The van der Waals surface area contributed by atoms with Gasteiger partial charge in [-0.05, 0) is 188 Å². The van der Waals surface area contributed by atoms with Crippen LogP contribution in [0.3, 0.4) is 0 Å². The summed E-state index contributed by atoms with van der Waals surface area (Å²) in [6.45, 7) is 11.0. The van der Waals surface area contributed by atoms with Crippen molar-refractivity contribution in [1.82, 2.24) is 102 Å². The number of unbranched alkanes of at least 4 members (excludes halogenated alkanes) is 2. The fraction of sp³-hybridized carbons (Fsp3) is 0.250. The van der Waals surface area contributed by atoms with E-state index in [1.807, 2.05) is 91.0 Å². The second-order valence-electron chi connectivity index (χ2n) is 27.1. The predicted octanol–water partition coefficient (Wildman–Crippen LogP) is 19.4. The van der Waals surface area contributed by atoms with Gasteiger partial charge in [0.2, 0.25) is 0 Å². The maximum atomic E-state index is 13.2. The van der Waals surface area contributed by atoms with E-state index in [1.54, 1.807) is 36.4 Å². The number of hydrogen-bond donors (Lipinski definition) is 8. The molecular weight excluding hydrogens is 1330 g/mol. The monoisotopic (exact) mass is 1410 g/mol. The van der Waals surface area contributed by atoms with E-state index in [9.17, 15) is 13.2 Å². The number of H-pyrrole nitrogens is 8. The molecule has 1 fully saturated rings. The molecule has 104 heavy (non-hydrogen) atoms. The number of nitrogens with zero attached hydrogens (tertiary/aromatic N) is 12. The molecule has 1 aliphatic carbocycles. The molecular formula is C80H78ClF3N20. The van der Waals surface area contributed by atoms with Crippen molar-refractivity contribution in [2.24, 2.45) is 17.8 Å². The molecule has 17 rings (SSSR count). The summed E-state index contributed by atoms with van der Waals surface area (Å²) in [7, 11) is 0. The van der Waals surface area contributed by atoms with Crippen molar-refractivity contribution < 1.29 is 13.2 Å². The first-order valence-corrected chi connectivity index (χ1v) is 35.7. The topological polar surface area (TPSA) is 281 Å². The van der Waals surface area contributed by atoms with Crippen LogP contribution in [0.15, 0.2) is 170 Å². The molecule has 0 atom stereocenters. The van der Waals surface area contributed by atoms with Crippen LogP contribution >= 0.6 is 11.6 Å². The Morgan fingerprint density at radius 3 is 1.12 bits per heavy atom. The SMILES string of the molecule is CC(C)CCCc1nc(-c2ccc3[nH]nc(-c4ccc(F)cc4)c3c2)n[nH]1.CC(C)Cc1nc(-c2ccc3[nH]nc(-c4cccc(Cl)c4)c3c2)n[nH]1.CCCCCc1nc(-c2ccc3[nH]nc(-c4ccc(F)cc4)c3c2)n[nH]1.Fc1ccc(-c2n[nH]c3ccc(-c4n[nH]c(CC5CCC5)n4)cc23)cc1. The van der Waals surface area contributed by atoms with Gasteiger partial charge in [-0.2, -0.15) is 40.8 Å². The summed E-state index contributed by atoms with van der Waals surface area (Å²) in [4.78, 5) is 18.5. The highest BCUT2D eigenvalue weighted by atomic mass is 35.5. The number of aromatic amines is 8. The first-order valence-electron chi connectivity index (χ1n) is 35.3. The number of nitrogens with one attached hydrogen (secondary N) is 8. The molecule has 0 unspecified atom stereocenters. The van der Waals surface area contributed by atoms with E-state index in [2.05, 4.69) is 142 Å². The van der Waals surface area contributed by atoms with Gasteiger partial charge in [-0.15, -0.1) is 0 Å². The van der Waals surface area contributed by atoms with E-state index in [4.69, 9.17) is 11.6 Å². The third kappa shape index (κ3) is 16.4. The van der Waals surface area contributed by atoms with Gasteiger partial charge in [-0.3, -0.25) is 40.8 Å². The lowest BCUT2D eigenvalue weighted by Crippen LogP contribution is -2.14. The minimum Gasteiger partial charge on any atom is -0.277 e. The molecule has 8 N–H and O–H groups in total. The summed E-state index contributed by atoms with van der Waals surface area (Å²) in [5.74, 6) is 7.67. The highest BCUT2D eigenvalue weighted by molar-refractivity contribution is 6.31. The van der Waals surface area contributed by atoms with Crippen LogP contribution in [-0.2, 0) is 25.7 Å². The molecule has 0 bridgehead atoms. The lowest BCUT2D eigenvalue weighted by atomic mass is 9.83. The molecule has 1 saturated carbocycles. The van der Waals surface area contributed by atoms with Crippen LogP contribution in [0.4, 0.5) is 13.2 Å². The summed E-state index contributed by atoms with van der Waals surface area (Å²) < 4.78 is 39.6. The van der Waals surface area contributed by atoms with E-state index in [0.29, 0.717) is 40.2 Å². The summed E-state index contributed by atoms with van der Waals surface area (Å²) in [5.41, 5.74) is 14.3. The van der Waals surface area contributed by atoms with Crippen LogP contribution in [0.5, 0.6) is 0 Å². The Bertz CT molecular complexity index is 5520. The smallest absolute Gasteiger partial charge is 0.181 e. The maximum Gasteiger partial charge on any atom is 0.181 e. The molecule has 24 heteroatoms. The van der Waals surface area contributed by atoms with E-state index in [-0.39, 0.29) is 17.5 Å². The number of aryl methyl sites for hydroxylation is 2. The number of rotatable bonds is 20. The zero-order valence-electron chi connectivity index (χ0n) is 58.3. The third-order valence-corrected chi connectivity index (χ3v) is 18.6. The molecule has 526 valence electrons. The highest BCUT2D eigenvalue weighted by Gasteiger charge is 2.22. The van der Waals surface area contributed by atoms with Crippen LogP contribution in [0, 0.1) is 35.2 Å². The van der Waals surface area contributed by atoms with Gasteiger partial charge in [0.25, 0.3) is 0 Å². The second-order valence-corrected chi connectivity index (χ2v) is 27.6. The first kappa shape index (κ1) is 69.4. The zero-order valence-corrected chi connectivity index (χ0v) is 59.0. The fourth-order valence-corrected chi connectivity index (χ4v) is 12.8. The van der Waals surface area contributed by atoms with Crippen LogP contribution in [0.1, 0.15) is 109 Å². The summed E-state index contributed by atoms with van der Waals surface area (Å²) >= 11 is 6.12. The van der Waals surface area contributed by atoms with Crippen molar-refractivity contribution in [3.63, 3.8) is 0 Å². The number of benzene rings is 8. The average Bonchev–Trinajstić information content (AvgIpc) is 1.65. The van der Waals surface area contributed by atoms with Crippen LogP contribution < -0.4 is 0 Å². The zero-order chi connectivity index (χ0) is 71.6. The van der Waals surface area contributed by atoms with Crippen molar-refractivity contribution in [2.45, 2.75) is 112 Å². The molecule has 0 amide bonds. The molecule has 0 saturated heterocycles. The van der Waals surface area contributed by atoms with Crippen molar-refractivity contribution in [1.29, 1.82) is 0 Å². The van der Waals surface area contributed by atoms with Gasteiger partial charge >= 0.3 is 0 Å². The molecule has 0 radical (unpaired) electrons. The average molecular weight is 1410 g/mol. The standard InChI is InChI=1S/C21H22FN5.C20H18FN5.C20H20FN5.C19H18ClN5/c1-13(2)4-3-5-19-23-21(27-25-19)15-8-11-18-17(12-15)20(26-24-18)14-6-9-16(22)10-7-14;21-15-7-4-13(5-8-15)19-16-11-14(6-9-17(16)23-25-19)20-22-18(24-26-20)10-12-2-1-3-12;1-2-3-4-5-18-22-20(26-24-18)14-8-11-17-16(12-14)19(25-23-17)13-6-9-15(21)10-7-13;1-11(2)8-17-21-19(25-23-17)13-6-7-16-15(10-13)18(24-22-16)12-4-3-5-14(20)9-12/h6-13H,3-5H2,1-2H3,(H,24,26)(H,23,25,27);4-9,11-12H,1-3,10H2,(H,23,25)(H,22,24,26);6-12H,2-5H2,1H3,(H,23,25)(H,22,24,26);3-7,9-11H,8H2,1-2H3,(H,22,24)(H,21,23,25). The lowest BCUT2D eigenvalue weighted by Gasteiger charge is -2.23. The molecule has 8 aromatic carbocycles. The molecule has 0 spiro atoms. The minimum absolute atomic E-state index is 0.256. The van der Waals surface area contributed by atoms with E-state index in [1.165, 1.54) is 74.9 Å². The third-order valence-electron chi connectivity index (χ3n) is 18.4. The summed E-state index contributed by atoms with van der Waals surface area (Å²) in [5, 5.41) is 64.1. The lowest BCUT2D eigenvalue weighted by molar-refractivity contribution is 0.309. The summed E-state index contributed by atoms with van der Waals surface area (Å²) in [6, 6.07) is 50.8. The first-order chi connectivity index (χ1) is 50.7. The largest absolute Gasteiger partial charge is 0.277 e. The van der Waals surface area contributed by atoms with Gasteiger partial charge in [0.1, 0.15) is 40.7 Å². The Hall–Kier alpha value is -11.7. The normalized spacial score (nSPS) is 12.3. The van der Waals surface area contributed by atoms with Crippen LogP contribution in [-0.4, -0.2) is 102 Å². The number of halogens is 4. The molecule has 8 aromatic heterocycles. The van der Waals surface area contributed by atoms with Gasteiger partial charge in [-0.25, -0.2) is 33.1 Å². The molecule has 16 aromatic rings. The fourth-order valence-electron chi connectivity index (χ4n) is 12.6. The Morgan fingerprint density at radius 1 is 0.375 bits per heavy atom. The van der Waals surface area contributed by atoms with Gasteiger partial charge in [0, 0.05) is 96.8 Å². The Kier molecular flexibility index (Phi) is 21.1. The van der Waals surface area contributed by atoms with Gasteiger partial charge in [0.05, 0.1) is 44.8 Å².